The molecule has 26 heavy (non-hydrogen) atoms. The molecule has 0 fully saturated rings. The van der Waals surface area contributed by atoms with Gasteiger partial charge >= 0.3 is 5.69 Å². The molecule has 1 amide bonds. The molecule has 0 saturated carbocycles. The first-order valence-electron chi connectivity index (χ1n) is 7.92. The summed E-state index contributed by atoms with van der Waals surface area (Å²) < 4.78 is 25.0. The maximum absolute atomic E-state index is 13.2. The topological polar surface area (TPSA) is 85.4 Å². The lowest BCUT2D eigenvalue weighted by Gasteiger charge is -2.10. The number of hydrogen-bond donors (Lipinski definition) is 2. The molecule has 1 heterocycles. The zero-order valence-electron chi connectivity index (χ0n) is 14.3. The van der Waals surface area contributed by atoms with Crippen molar-refractivity contribution >= 4 is 16.9 Å². The summed E-state index contributed by atoms with van der Waals surface area (Å²) in [5.74, 6) is 0.259. The number of carbonyl (C=O) groups excluding carboxylic acids is 1. The Morgan fingerprint density at radius 1 is 1.15 bits per heavy atom. The second kappa shape index (κ2) is 7.30. The largest absolute Gasteiger partial charge is 0.493 e. The summed E-state index contributed by atoms with van der Waals surface area (Å²) in [5.41, 5.74) is 1.06. The Kier molecular flexibility index (Phi) is 4.92. The van der Waals surface area contributed by atoms with Crippen LogP contribution in [0.3, 0.4) is 0 Å². The Bertz CT molecular complexity index is 1010. The number of benzene rings is 2. The molecule has 1 aromatic heterocycles. The Labute approximate surface area is 148 Å². The van der Waals surface area contributed by atoms with Crippen LogP contribution in [0, 0.1) is 5.82 Å². The van der Waals surface area contributed by atoms with Gasteiger partial charge in [0.05, 0.1) is 25.3 Å². The summed E-state index contributed by atoms with van der Waals surface area (Å²) in [4.78, 5) is 26.9. The van der Waals surface area contributed by atoms with Gasteiger partial charge in [0.2, 0.25) is 0 Å². The van der Waals surface area contributed by atoms with Gasteiger partial charge in [-0.1, -0.05) is 0 Å². The molecule has 3 aromatic rings. The molecule has 0 bridgehead atoms. The number of ether oxygens (including phenoxy) is 2. The van der Waals surface area contributed by atoms with Crippen molar-refractivity contribution in [2.24, 2.45) is 0 Å². The molecule has 2 N–H and O–H groups in total. The number of aromatic amines is 1. The summed E-state index contributed by atoms with van der Waals surface area (Å²) in [6.07, 6.45) is 0. The fourth-order valence-electron chi connectivity index (χ4n) is 2.72. The predicted molar refractivity (Wildman–Crippen MR) is 94.4 cm³/mol. The normalized spacial score (nSPS) is 10.7. The molecule has 7 nitrogen and oxygen atoms in total. The SMILES string of the molecule is COc1ccc(C(=O)NCCn2c(=O)[nH]c3cc(F)ccc32)cc1OC. The van der Waals surface area contributed by atoms with Crippen LogP contribution in [0.1, 0.15) is 10.4 Å². The van der Waals surface area contributed by atoms with Gasteiger partial charge in [-0.05, 0) is 36.4 Å². The highest BCUT2D eigenvalue weighted by molar-refractivity contribution is 5.94. The van der Waals surface area contributed by atoms with E-state index in [0.717, 1.165) is 0 Å². The molecule has 0 aliphatic carbocycles. The van der Waals surface area contributed by atoms with E-state index in [1.165, 1.54) is 37.0 Å². The molecule has 0 saturated heterocycles. The molecule has 8 heteroatoms. The zero-order valence-corrected chi connectivity index (χ0v) is 14.3. The molecule has 2 aromatic carbocycles. The number of imidazole rings is 1. The number of methoxy groups -OCH3 is 2. The minimum Gasteiger partial charge on any atom is -0.493 e. The van der Waals surface area contributed by atoms with Crippen molar-refractivity contribution in [1.82, 2.24) is 14.9 Å². The average molecular weight is 359 g/mol. The lowest BCUT2D eigenvalue weighted by Crippen LogP contribution is -2.30. The maximum atomic E-state index is 13.2. The van der Waals surface area contributed by atoms with E-state index in [9.17, 15) is 14.0 Å². The van der Waals surface area contributed by atoms with Crippen molar-refractivity contribution in [2.45, 2.75) is 6.54 Å². The maximum Gasteiger partial charge on any atom is 0.326 e. The van der Waals surface area contributed by atoms with Gasteiger partial charge in [0.25, 0.3) is 5.91 Å². The van der Waals surface area contributed by atoms with E-state index in [1.807, 2.05) is 0 Å². The first-order chi connectivity index (χ1) is 12.5. The van der Waals surface area contributed by atoms with Gasteiger partial charge in [-0.15, -0.1) is 0 Å². The monoisotopic (exact) mass is 359 g/mol. The van der Waals surface area contributed by atoms with E-state index in [2.05, 4.69) is 10.3 Å². The predicted octanol–water partition coefficient (Wildman–Crippen LogP) is 1.92. The van der Waals surface area contributed by atoms with Crippen LogP contribution in [0.15, 0.2) is 41.2 Å². The summed E-state index contributed by atoms with van der Waals surface area (Å²) in [7, 11) is 3.01. The number of nitrogens with zero attached hydrogens (tertiary/aromatic N) is 1. The molecule has 0 spiro atoms. The lowest BCUT2D eigenvalue weighted by molar-refractivity contribution is 0.0952. The molecule has 0 atom stereocenters. The number of fused-ring (bicyclic) bond motifs is 1. The van der Waals surface area contributed by atoms with Crippen molar-refractivity contribution in [3.05, 3.63) is 58.3 Å². The molecule has 136 valence electrons. The highest BCUT2D eigenvalue weighted by Crippen LogP contribution is 2.27. The first-order valence-corrected chi connectivity index (χ1v) is 7.92. The molecule has 0 unspecified atom stereocenters. The number of hydrogen-bond acceptors (Lipinski definition) is 4. The summed E-state index contributed by atoms with van der Waals surface area (Å²) >= 11 is 0. The Balaban J connectivity index is 1.69. The van der Waals surface area contributed by atoms with Crippen molar-refractivity contribution in [3.8, 4) is 11.5 Å². The van der Waals surface area contributed by atoms with E-state index in [0.29, 0.717) is 28.1 Å². The van der Waals surface area contributed by atoms with Crippen molar-refractivity contribution in [1.29, 1.82) is 0 Å². The number of carbonyl (C=O) groups is 1. The first kappa shape index (κ1) is 17.5. The van der Waals surface area contributed by atoms with Gasteiger partial charge in [0.1, 0.15) is 5.82 Å². The smallest absolute Gasteiger partial charge is 0.326 e. The molecule has 0 aliphatic heterocycles. The van der Waals surface area contributed by atoms with Gasteiger partial charge in [-0.2, -0.15) is 0 Å². The number of halogens is 1. The number of amides is 1. The number of H-pyrrole nitrogens is 1. The van der Waals surface area contributed by atoms with Crippen LogP contribution < -0.4 is 20.5 Å². The van der Waals surface area contributed by atoms with Gasteiger partial charge in [0.15, 0.2) is 11.5 Å². The third kappa shape index (κ3) is 3.39. The molecular weight excluding hydrogens is 341 g/mol. The van der Waals surface area contributed by atoms with Crippen LogP contribution in [0.5, 0.6) is 11.5 Å². The lowest BCUT2D eigenvalue weighted by atomic mass is 10.2. The standard InChI is InChI=1S/C18H18FN3O4/c1-25-15-6-3-11(9-16(15)26-2)17(23)20-7-8-22-14-5-4-12(19)10-13(14)21-18(22)24/h3-6,9-10H,7-8H2,1-2H3,(H,20,23)(H,21,24). The van der Waals surface area contributed by atoms with Crippen LogP contribution in [0.2, 0.25) is 0 Å². The number of rotatable bonds is 6. The zero-order chi connectivity index (χ0) is 18.7. The van der Waals surface area contributed by atoms with E-state index >= 15 is 0 Å². The van der Waals surface area contributed by atoms with Gasteiger partial charge < -0.3 is 19.8 Å². The number of nitrogens with one attached hydrogen (secondary N) is 2. The molecule has 0 aliphatic rings. The fraction of sp³-hybridized carbons (Fsp3) is 0.222. The average Bonchev–Trinajstić information content (AvgIpc) is 2.95. The van der Waals surface area contributed by atoms with E-state index in [-0.39, 0.29) is 24.7 Å². The van der Waals surface area contributed by atoms with Crippen LogP contribution in [0.4, 0.5) is 4.39 Å². The van der Waals surface area contributed by atoms with Crippen LogP contribution in [0.25, 0.3) is 11.0 Å². The molecular formula is C18H18FN3O4. The van der Waals surface area contributed by atoms with Gasteiger partial charge in [-0.25, -0.2) is 9.18 Å². The summed E-state index contributed by atoms with van der Waals surface area (Å²) in [6.45, 7) is 0.487. The minimum absolute atomic E-state index is 0.234. The van der Waals surface area contributed by atoms with Crippen molar-refractivity contribution in [3.63, 3.8) is 0 Å². The van der Waals surface area contributed by atoms with Crippen LogP contribution in [-0.4, -0.2) is 36.2 Å². The van der Waals surface area contributed by atoms with E-state index < -0.39 is 5.82 Å². The minimum atomic E-state index is -0.423. The van der Waals surface area contributed by atoms with Crippen molar-refractivity contribution in [2.75, 3.05) is 20.8 Å². The Morgan fingerprint density at radius 2 is 1.92 bits per heavy atom. The highest BCUT2D eigenvalue weighted by Gasteiger charge is 2.11. The highest BCUT2D eigenvalue weighted by atomic mass is 19.1. The van der Waals surface area contributed by atoms with Gasteiger partial charge in [0, 0.05) is 18.7 Å². The summed E-state index contributed by atoms with van der Waals surface area (Å²) in [5, 5.41) is 2.75. The number of aromatic nitrogens is 2. The van der Waals surface area contributed by atoms with E-state index in [4.69, 9.17) is 9.47 Å². The van der Waals surface area contributed by atoms with Crippen LogP contribution >= 0.6 is 0 Å². The third-order valence-corrected chi connectivity index (χ3v) is 4.00. The fourth-order valence-corrected chi connectivity index (χ4v) is 2.72. The Morgan fingerprint density at radius 3 is 2.65 bits per heavy atom. The van der Waals surface area contributed by atoms with Crippen LogP contribution in [-0.2, 0) is 6.54 Å². The third-order valence-electron chi connectivity index (χ3n) is 4.00. The quantitative estimate of drug-likeness (QED) is 0.704. The summed E-state index contributed by atoms with van der Waals surface area (Å²) in [6, 6.07) is 8.92. The van der Waals surface area contributed by atoms with Gasteiger partial charge in [-0.3, -0.25) is 9.36 Å². The Hall–Kier alpha value is -3.29. The second-order valence-electron chi connectivity index (χ2n) is 5.57. The van der Waals surface area contributed by atoms with E-state index in [1.54, 1.807) is 18.2 Å². The molecule has 0 radical (unpaired) electrons. The molecule has 3 rings (SSSR count). The van der Waals surface area contributed by atoms with Crippen molar-refractivity contribution < 1.29 is 18.7 Å². The second-order valence-corrected chi connectivity index (χ2v) is 5.57.